The van der Waals surface area contributed by atoms with Crippen LogP contribution in [0.3, 0.4) is 0 Å². The van der Waals surface area contributed by atoms with Gasteiger partial charge in [-0.15, -0.1) is 0 Å². The molecule has 0 saturated carbocycles. The molecular weight excluding hydrogens is 130 g/mol. The number of hydrogen-bond donors (Lipinski definition) is 2. The van der Waals surface area contributed by atoms with Crippen molar-refractivity contribution in [1.29, 1.82) is 0 Å². The summed E-state index contributed by atoms with van der Waals surface area (Å²) in [6.45, 7) is 2.01. The lowest BCUT2D eigenvalue weighted by molar-refractivity contribution is 0.188. The van der Waals surface area contributed by atoms with Crippen LogP contribution in [-0.4, -0.2) is 31.4 Å². The van der Waals surface area contributed by atoms with E-state index in [1.165, 1.54) is 0 Å². The van der Waals surface area contributed by atoms with Crippen molar-refractivity contribution < 1.29 is 10.2 Å². The fourth-order valence-corrected chi connectivity index (χ4v) is 0.684. The van der Waals surface area contributed by atoms with Crippen LogP contribution in [0.5, 0.6) is 0 Å². The van der Waals surface area contributed by atoms with Gasteiger partial charge in [-0.2, -0.15) is 0 Å². The summed E-state index contributed by atoms with van der Waals surface area (Å²) in [6.07, 6.45) is 2.55. The van der Waals surface area contributed by atoms with Crippen molar-refractivity contribution in [2.75, 3.05) is 26.3 Å². The fourth-order valence-electron chi connectivity index (χ4n) is 0.684. The zero-order valence-electron chi connectivity index (χ0n) is 6.31. The zero-order chi connectivity index (χ0) is 7.66. The number of rotatable bonds is 7. The van der Waals surface area contributed by atoms with Crippen LogP contribution in [0, 0.1) is 0 Å². The molecule has 0 heterocycles. The van der Waals surface area contributed by atoms with E-state index in [0.717, 1.165) is 25.9 Å². The van der Waals surface area contributed by atoms with Crippen LogP contribution >= 0.6 is 0 Å². The van der Waals surface area contributed by atoms with Gasteiger partial charge in [0.2, 0.25) is 0 Å². The van der Waals surface area contributed by atoms with Crippen molar-refractivity contribution in [2.24, 2.45) is 0 Å². The number of unbranched alkanes of at least 4 members (excludes halogenated alkanes) is 1. The quantitative estimate of drug-likeness (QED) is 0.503. The van der Waals surface area contributed by atoms with Gasteiger partial charge >= 0.3 is 0 Å². The Balaban J connectivity index is 2.65. The summed E-state index contributed by atoms with van der Waals surface area (Å²) in [6, 6.07) is 0. The SMILES string of the molecule is [O]CCCNCCCCO. The minimum Gasteiger partial charge on any atom is -0.396 e. The standard InChI is InChI=1S/C7H16NO2/c9-6-2-1-4-8-5-3-7-10/h8-9H,1-7H2. The summed E-state index contributed by atoms with van der Waals surface area (Å²) in [5, 5.41) is 21.4. The molecule has 2 N–H and O–H groups in total. The van der Waals surface area contributed by atoms with E-state index in [2.05, 4.69) is 5.32 Å². The van der Waals surface area contributed by atoms with Crippen LogP contribution in [-0.2, 0) is 5.11 Å². The van der Waals surface area contributed by atoms with Gasteiger partial charge in [-0.05, 0) is 32.4 Å². The molecule has 0 fully saturated rings. The Hall–Kier alpha value is -0.120. The summed E-state index contributed by atoms with van der Waals surface area (Å²) in [5.74, 6) is 0. The van der Waals surface area contributed by atoms with Crippen LogP contribution in [0.25, 0.3) is 0 Å². The molecule has 0 amide bonds. The lowest BCUT2D eigenvalue weighted by Crippen LogP contribution is -2.17. The summed E-state index contributed by atoms with van der Waals surface area (Å²) in [5.41, 5.74) is 0. The lowest BCUT2D eigenvalue weighted by atomic mass is 10.3. The van der Waals surface area contributed by atoms with Crippen molar-refractivity contribution in [3.05, 3.63) is 0 Å². The Morgan fingerprint density at radius 1 is 1.10 bits per heavy atom. The van der Waals surface area contributed by atoms with Crippen LogP contribution in [0.4, 0.5) is 0 Å². The average Bonchev–Trinajstić information content (AvgIpc) is 1.97. The molecule has 0 rings (SSSR count). The molecule has 61 valence electrons. The molecule has 1 radical (unpaired) electrons. The predicted molar refractivity (Wildman–Crippen MR) is 39.4 cm³/mol. The second-order valence-electron chi connectivity index (χ2n) is 2.24. The molecule has 0 aliphatic heterocycles. The van der Waals surface area contributed by atoms with E-state index < -0.39 is 0 Å². The van der Waals surface area contributed by atoms with E-state index >= 15 is 0 Å². The van der Waals surface area contributed by atoms with Crippen LogP contribution in [0.15, 0.2) is 0 Å². The molecule has 0 saturated heterocycles. The van der Waals surface area contributed by atoms with Crippen molar-refractivity contribution in [3.8, 4) is 0 Å². The molecule has 0 aromatic rings. The molecular formula is C7H16NO2. The van der Waals surface area contributed by atoms with E-state index in [1.807, 2.05) is 0 Å². The third-order valence-electron chi connectivity index (χ3n) is 1.26. The van der Waals surface area contributed by atoms with Crippen molar-refractivity contribution >= 4 is 0 Å². The summed E-state index contributed by atoms with van der Waals surface area (Å²) in [4.78, 5) is 0. The van der Waals surface area contributed by atoms with Gasteiger partial charge in [0.15, 0.2) is 0 Å². The monoisotopic (exact) mass is 146 g/mol. The Bertz CT molecular complexity index is 51.6. The Kier molecular flexibility index (Phi) is 8.77. The maximum Gasteiger partial charge on any atom is 0.0834 e. The smallest absolute Gasteiger partial charge is 0.0834 e. The van der Waals surface area contributed by atoms with Gasteiger partial charge in [0.1, 0.15) is 0 Å². The molecule has 0 spiro atoms. The van der Waals surface area contributed by atoms with Gasteiger partial charge in [-0.3, -0.25) is 0 Å². The fraction of sp³-hybridized carbons (Fsp3) is 1.00. The highest BCUT2D eigenvalue weighted by Gasteiger charge is 1.86. The van der Waals surface area contributed by atoms with Crippen LogP contribution in [0.2, 0.25) is 0 Å². The minimum absolute atomic E-state index is 0.00694. The first kappa shape index (κ1) is 9.88. The third kappa shape index (κ3) is 7.88. The molecule has 3 heteroatoms. The topological polar surface area (TPSA) is 52.2 Å². The van der Waals surface area contributed by atoms with Gasteiger partial charge in [-0.25, -0.2) is 5.11 Å². The van der Waals surface area contributed by atoms with Crippen molar-refractivity contribution in [1.82, 2.24) is 5.32 Å². The highest BCUT2D eigenvalue weighted by Crippen LogP contribution is 1.83. The first-order valence-electron chi connectivity index (χ1n) is 3.81. The summed E-state index contributed by atoms with van der Waals surface area (Å²) >= 11 is 0. The van der Waals surface area contributed by atoms with E-state index in [0.29, 0.717) is 6.42 Å². The number of hydrogen-bond acceptors (Lipinski definition) is 2. The van der Waals surface area contributed by atoms with Crippen molar-refractivity contribution in [2.45, 2.75) is 19.3 Å². The van der Waals surface area contributed by atoms with Gasteiger partial charge in [0.25, 0.3) is 0 Å². The van der Waals surface area contributed by atoms with E-state index in [1.54, 1.807) is 0 Å². The summed E-state index contributed by atoms with van der Waals surface area (Å²) in [7, 11) is 0. The molecule has 0 aliphatic rings. The highest BCUT2D eigenvalue weighted by atomic mass is 16.3. The summed E-state index contributed by atoms with van der Waals surface area (Å²) < 4.78 is 0. The number of nitrogens with one attached hydrogen (secondary N) is 1. The molecule has 0 bridgehead atoms. The Morgan fingerprint density at radius 3 is 2.40 bits per heavy atom. The van der Waals surface area contributed by atoms with E-state index in [-0.39, 0.29) is 13.2 Å². The van der Waals surface area contributed by atoms with Crippen LogP contribution in [0.1, 0.15) is 19.3 Å². The third-order valence-corrected chi connectivity index (χ3v) is 1.26. The second-order valence-corrected chi connectivity index (χ2v) is 2.24. The molecule has 0 aromatic heterocycles. The molecule has 10 heavy (non-hydrogen) atoms. The van der Waals surface area contributed by atoms with Gasteiger partial charge < -0.3 is 10.4 Å². The van der Waals surface area contributed by atoms with E-state index in [9.17, 15) is 5.11 Å². The normalized spacial score (nSPS) is 10.2. The first-order chi connectivity index (χ1) is 4.91. The molecule has 3 nitrogen and oxygen atoms in total. The van der Waals surface area contributed by atoms with E-state index in [4.69, 9.17) is 5.11 Å². The highest BCUT2D eigenvalue weighted by molar-refractivity contribution is 4.46. The Morgan fingerprint density at radius 2 is 1.80 bits per heavy atom. The largest absolute Gasteiger partial charge is 0.396 e. The number of aliphatic hydroxyl groups is 1. The molecule has 0 aromatic carbocycles. The molecule has 0 aliphatic carbocycles. The molecule has 0 atom stereocenters. The number of aliphatic hydroxyl groups excluding tert-OH is 1. The van der Waals surface area contributed by atoms with Gasteiger partial charge in [-0.1, -0.05) is 0 Å². The van der Waals surface area contributed by atoms with Crippen LogP contribution < -0.4 is 5.32 Å². The molecule has 0 unspecified atom stereocenters. The predicted octanol–water partition coefficient (Wildman–Crippen LogP) is 0.169. The van der Waals surface area contributed by atoms with Crippen molar-refractivity contribution in [3.63, 3.8) is 0 Å². The lowest BCUT2D eigenvalue weighted by Gasteiger charge is -2.00. The minimum atomic E-state index is 0.00694. The van der Waals surface area contributed by atoms with Gasteiger partial charge in [0, 0.05) is 6.61 Å². The zero-order valence-corrected chi connectivity index (χ0v) is 6.31. The Labute approximate surface area is 62.1 Å². The van der Waals surface area contributed by atoms with Gasteiger partial charge in [0.05, 0.1) is 6.61 Å². The second kappa shape index (κ2) is 8.88. The average molecular weight is 146 g/mol. The maximum absolute atomic E-state index is 9.94. The first-order valence-corrected chi connectivity index (χ1v) is 3.81. The maximum atomic E-state index is 9.94.